The summed E-state index contributed by atoms with van der Waals surface area (Å²) in [7, 11) is 1.17. The van der Waals surface area contributed by atoms with Crippen molar-refractivity contribution in [1.82, 2.24) is 0 Å². The molecular formula is C9H7NO6. The third-order valence-corrected chi connectivity index (χ3v) is 2.01. The van der Waals surface area contributed by atoms with Crippen molar-refractivity contribution in [2.24, 2.45) is 0 Å². The summed E-state index contributed by atoms with van der Waals surface area (Å²) in [5.41, 5.74) is -0.246. The Morgan fingerprint density at radius 2 is 2.25 bits per heavy atom. The first kappa shape index (κ1) is 10.2. The zero-order chi connectivity index (χ0) is 11.7. The molecule has 0 bridgehead atoms. The standard InChI is InChI=1S/C9H7NO6/c1-14-8(11)9-15-6-4-2-3-5(10(12)13)7(6)16-9/h2-4,9H,1H3. The summed E-state index contributed by atoms with van der Waals surface area (Å²) in [5.74, 6) is -0.641. The van der Waals surface area contributed by atoms with Crippen LogP contribution >= 0.6 is 0 Å². The molecule has 84 valence electrons. The van der Waals surface area contributed by atoms with Gasteiger partial charge in [0.1, 0.15) is 0 Å². The number of para-hydroxylation sites is 1. The molecule has 1 aliphatic rings. The molecule has 16 heavy (non-hydrogen) atoms. The van der Waals surface area contributed by atoms with Gasteiger partial charge in [-0.3, -0.25) is 10.1 Å². The molecule has 7 heteroatoms. The van der Waals surface area contributed by atoms with Crippen molar-refractivity contribution in [3.05, 3.63) is 28.3 Å². The number of methoxy groups -OCH3 is 1. The molecule has 0 aliphatic carbocycles. The van der Waals surface area contributed by atoms with E-state index in [4.69, 9.17) is 9.47 Å². The van der Waals surface area contributed by atoms with E-state index in [0.717, 1.165) is 0 Å². The summed E-state index contributed by atoms with van der Waals surface area (Å²) in [6.45, 7) is 0. The molecule has 1 aliphatic heterocycles. The van der Waals surface area contributed by atoms with Crippen LogP contribution in [0.15, 0.2) is 18.2 Å². The van der Waals surface area contributed by atoms with Crippen molar-refractivity contribution in [3.63, 3.8) is 0 Å². The normalized spacial score (nSPS) is 16.9. The van der Waals surface area contributed by atoms with E-state index in [1.54, 1.807) is 0 Å². The number of carbonyl (C=O) groups excluding carboxylic acids is 1. The quantitative estimate of drug-likeness (QED) is 0.421. The number of ether oxygens (including phenoxy) is 3. The van der Waals surface area contributed by atoms with Crippen molar-refractivity contribution < 1.29 is 23.9 Å². The molecule has 1 heterocycles. The van der Waals surface area contributed by atoms with E-state index < -0.39 is 17.2 Å². The molecule has 1 unspecified atom stereocenters. The Balaban J connectivity index is 2.34. The molecule has 2 rings (SSSR count). The highest BCUT2D eigenvalue weighted by Gasteiger charge is 2.36. The van der Waals surface area contributed by atoms with Crippen LogP contribution in [0, 0.1) is 10.1 Å². The van der Waals surface area contributed by atoms with Gasteiger partial charge >= 0.3 is 17.9 Å². The second-order valence-electron chi connectivity index (χ2n) is 2.95. The van der Waals surface area contributed by atoms with E-state index in [1.165, 1.54) is 25.3 Å². The highest BCUT2D eigenvalue weighted by Crippen LogP contribution is 2.42. The number of rotatable bonds is 2. The van der Waals surface area contributed by atoms with Gasteiger partial charge in [-0.2, -0.15) is 0 Å². The summed E-state index contributed by atoms with van der Waals surface area (Å²) >= 11 is 0. The Bertz CT molecular complexity index is 457. The summed E-state index contributed by atoms with van der Waals surface area (Å²) in [5, 5.41) is 10.7. The Morgan fingerprint density at radius 1 is 1.50 bits per heavy atom. The van der Waals surface area contributed by atoms with Crippen LogP contribution in [-0.2, 0) is 9.53 Å². The molecule has 0 aromatic heterocycles. The Morgan fingerprint density at radius 3 is 2.88 bits per heavy atom. The number of nitro benzene ring substituents is 1. The predicted octanol–water partition coefficient (Wildman–Crippen LogP) is 0.865. The molecule has 7 nitrogen and oxygen atoms in total. The minimum atomic E-state index is -1.28. The summed E-state index contributed by atoms with van der Waals surface area (Å²) in [6, 6.07) is 4.19. The lowest BCUT2D eigenvalue weighted by molar-refractivity contribution is -0.385. The average Bonchev–Trinajstić information content (AvgIpc) is 2.70. The number of hydrogen-bond acceptors (Lipinski definition) is 6. The number of esters is 1. The van der Waals surface area contributed by atoms with Crippen LogP contribution in [0.3, 0.4) is 0 Å². The fourth-order valence-corrected chi connectivity index (χ4v) is 1.30. The van der Waals surface area contributed by atoms with Gasteiger partial charge in [-0.1, -0.05) is 6.07 Å². The molecule has 0 spiro atoms. The molecule has 0 fully saturated rings. The summed E-state index contributed by atoms with van der Waals surface area (Å²) < 4.78 is 14.5. The average molecular weight is 225 g/mol. The van der Waals surface area contributed by atoms with Crippen LogP contribution in [0.5, 0.6) is 11.5 Å². The SMILES string of the molecule is COC(=O)C1Oc2cccc([N+](=O)[O-])c2O1. The molecule has 0 amide bonds. The third kappa shape index (κ3) is 1.52. The van der Waals surface area contributed by atoms with Crippen molar-refractivity contribution in [1.29, 1.82) is 0 Å². The number of nitrogens with zero attached hydrogens (tertiary/aromatic N) is 1. The van der Waals surface area contributed by atoms with E-state index in [2.05, 4.69) is 4.74 Å². The van der Waals surface area contributed by atoms with Gasteiger partial charge in [-0.25, -0.2) is 4.79 Å². The molecule has 1 aromatic rings. The van der Waals surface area contributed by atoms with Gasteiger partial charge < -0.3 is 14.2 Å². The van der Waals surface area contributed by atoms with Crippen LogP contribution in [0.2, 0.25) is 0 Å². The van der Waals surface area contributed by atoms with Gasteiger partial charge in [-0.05, 0) is 6.07 Å². The van der Waals surface area contributed by atoms with Crippen molar-refractivity contribution >= 4 is 11.7 Å². The van der Waals surface area contributed by atoms with Gasteiger partial charge in [0.05, 0.1) is 12.0 Å². The highest BCUT2D eigenvalue weighted by molar-refractivity contribution is 5.76. The lowest BCUT2D eigenvalue weighted by atomic mass is 10.3. The second-order valence-corrected chi connectivity index (χ2v) is 2.95. The summed E-state index contributed by atoms with van der Waals surface area (Å²) in [6.07, 6.45) is -1.28. The maximum atomic E-state index is 11.1. The smallest absolute Gasteiger partial charge is 0.389 e. The Hall–Kier alpha value is -2.31. The molecule has 1 aromatic carbocycles. The van der Waals surface area contributed by atoms with E-state index >= 15 is 0 Å². The van der Waals surface area contributed by atoms with E-state index in [1.807, 2.05) is 0 Å². The molecule has 0 saturated carbocycles. The van der Waals surface area contributed by atoms with Crippen molar-refractivity contribution in [2.75, 3.05) is 7.11 Å². The van der Waals surface area contributed by atoms with Gasteiger partial charge in [0.2, 0.25) is 5.75 Å². The van der Waals surface area contributed by atoms with Crippen LogP contribution in [0.1, 0.15) is 0 Å². The maximum absolute atomic E-state index is 11.1. The molecule has 0 N–H and O–H groups in total. The van der Waals surface area contributed by atoms with Crippen molar-refractivity contribution in [2.45, 2.75) is 6.29 Å². The zero-order valence-electron chi connectivity index (χ0n) is 8.21. The fraction of sp³-hybridized carbons (Fsp3) is 0.222. The molecular weight excluding hydrogens is 218 g/mol. The molecule has 0 saturated heterocycles. The van der Waals surface area contributed by atoms with E-state index in [-0.39, 0.29) is 17.2 Å². The number of carbonyl (C=O) groups is 1. The van der Waals surface area contributed by atoms with Crippen molar-refractivity contribution in [3.8, 4) is 11.5 Å². The van der Waals surface area contributed by atoms with Gasteiger partial charge in [0.25, 0.3) is 0 Å². The van der Waals surface area contributed by atoms with Crippen LogP contribution in [0.4, 0.5) is 5.69 Å². The number of hydrogen-bond donors (Lipinski definition) is 0. The fourth-order valence-electron chi connectivity index (χ4n) is 1.30. The number of benzene rings is 1. The largest absolute Gasteiger partial charge is 0.463 e. The Kier molecular flexibility index (Phi) is 2.35. The Labute approximate surface area is 89.7 Å². The zero-order valence-corrected chi connectivity index (χ0v) is 8.21. The third-order valence-electron chi connectivity index (χ3n) is 2.01. The minimum Gasteiger partial charge on any atom is -0.463 e. The summed E-state index contributed by atoms with van der Waals surface area (Å²) in [4.78, 5) is 21.2. The number of fused-ring (bicyclic) bond motifs is 1. The number of nitro groups is 1. The van der Waals surface area contributed by atoms with Gasteiger partial charge in [0.15, 0.2) is 5.75 Å². The predicted molar refractivity (Wildman–Crippen MR) is 50.2 cm³/mol. The van der Waals surface area contributed by atoms with Crippen LogP contribution < -0.4 is 9.47 Å². The topological polar surface area (TPSA) is 87.9 Å². The molecule has 1 atom stereocenters. The maximum Gasteiger partial charge on any atom is 0.389 e. The van der Waals surface area contributed by atoms with Gasteiger partial charge in [-0.15, -0.1) is 0 Å². The first-order valence-corrected chi connectivity index (χ1v) is 4.32. The first-order chi connectivity index (χ1) is 7.63. The monoisotopic (exact) mass is 225 g/mol. The second kappa shape index (κ2) is 3.69. The van der Waals surface area contributed by atoms with E-state index in [0.29, 0.717) is 0 Å². The minimum absolute atomic E-state index is 0.0529. The lowest BCUT2D eigenvalue weighted by Crippen LogP contribution is -2.30. The van der Waals surface area contributed by atoms with E-state index in [9.17, 15) is 14.9 Å². The first-order valence-electron chi connectivity index (χ1n) is 4.32. The van der Waals surface area contributed by atoms with Gasteiger partial charge in [0, 0.05) is 6.07 Å². The van der Waals surface area contributed by atoms with Crippen LogP contribution in [-0.4, -0.2) is 24.3 Å². The lowest BCUT2D eigenvalue weighted by Gasteiger charge is -2.05. The molecule has 0 radical (unpaired) electrons. The highest BCUT2D eigenvalue weighted by atomic mass is 16.7. The van der Waals surface area contributed by atoms with Crippen LogP contribution in [0.25, 0.3) is 0 Å².